The van der Waals surface area contributed by atoms with Gasteiger partial charge in [0.2, 0.25) is 10.0 Å². The number of aryl methyl sites for hydroxylation is 1. The third kappa shape index (κ3) is 4.07. The molecule has 3 aromatic rings. The number of hydrogen-bond acceptors (Lipinski definition) is 4. The van der Waals surface area contributed by atoms with E-state index in [-0.39, 0.29) is 4.90 Å². The zero-order valence-corrected chi connectivity index (χ0v) is 14.2. The molecule has 7 heteroatoms. The van der Waals surface area contributed by atoms with Gasteiger partial charge >= 0.3 is 0 Å². The molecule has 128 valence electrons. The summed E-state index contributed by atoms with van der Waals surface area (Å²) in [6, 6.07) is 12.9. The maximum Gasteiger partial charge on any atom is 0.243 e. The maximum absolute atomic E-state index is 13.4. The van der Waals surface area contributed by atoms with Gasteiger partial charge in [0.05, 0.1) is 17.9 Å². The Morgan fingerprint density at radius 1 is 1.08 bits per heavy atom. The SMILES string of the molecule is Cc1ccc(C(NS(=O)(=O)c2cncc(F)c2)c2ccccn2)cc1. The van der Waals surface area contributed by atoms with Crippen molar-refractivity contribution in [1.82, 2.24) is 14.7 Å². The summed E-state index contributed by atoms with van der Waals surface area (Å²) in [5, 5.41) is 0. The summed E-state index contributed by atoms with van der Waals surface area (Å²) in [6.07, 6.45) is 3.65. The lowest BCUT2D eigenvalue weighted by atomic mass is 10.0. The smallest absolute Gasteiger partial charge is 0.243 e. The lowest BCUT2D eigenvalue weighted by Crippen LogP contribution is -2.30. The number of nitrogens with zero attached hydrogens (tertiary/aromatic N) is 2. The van der Waals surface area contributed by atoms with Crippen LogP contribution in [-0.4, -0.2) is 18.4 Å². The standard InChI is InChI=1S/C18H16FN3O2S/c1-13-5-7-14(8-6-13)18(17-4-2-3-9-21-17)22-25(23,24)16-10-15(19)11-20-12-16/h2-12,18,22H,1H3. The fourth-order valence-corrected chi connectivity index (χ4v) is 3.54. The fraction of sp³-hybridized carbons (Fsp3) is 0.111. The number of hydrogen-bond donors (Lipinski definition) is 1. The molecule has 2 heterocycles. The zero-order valence-electron chi connectivity index (χ0n) is 13.4. The van der Waals surface area contributed by atoms with Gasteiger partial charge in [0.25, 0.3) is 0 Å². The van der Waals surface area contributed by atoms with Crippen LogP contribution in [0, 0.1) is 12.7 Å². The molecule has 0 aliphatic heterocycles. The van der Waals surface area contributed by atoms with E-state index in [9.17, 15) is 12.8 Å². The minimum atomic E-state index is -3.98. The van der Waals surface area contributed by atoms with Crippen LogP contribution in [0.4, 0.5) is 4.39 Å². The van der Waals surface area contributed by atoms with Crippen molar-refractivity contribution in [1.29, 1.82) is 0 Å². The van der Waals surface area contributed by atoms with Gasteiger partial charge in [0.15, 0.2) is 0 Å². The quantitative estimate of drug-likeness (QED) is 0.762. The summed E-state index contributed by atoms with van der Waals surface area (Å²) in [6.45, 7) is 1.95. The van der Waals surface area contributed by atoms with E-state index in [2.05, 4.69) is 14.7 Å². The first-order valence-corrected chi connectivity index (χ1v) is 9.04. The molecule has 0 saturated heterocycles. The van der Waals surface area contributed by atoms with Crippen LogP contribution >= 0.6 is 0 Å². The molecule has 0 fully saturated rings. The van der Waals surface area contributed by atoms with Crippen LogP contribution in [0.2, 0.25) is 0 Å². The first-order chi connectivity index (χ1) is 12.0. The number of pyridine rings is 2. The van der Waals surface area contributed by atoms with Crippen LogP contribution < -0.4 is 4.72 Å². The van der Waals surface area contributed by atoms with Gasteiger partial charge in [0, 0.05) is 12.4 Å². The van der Waals surface area contributed by atoms with Crippen LogP contribution in [0.25, 0.3) is 0 Å². The Hall–Kier alpha value is -2.64. The molecule has 0 aliphatic rings. The molecule has 25 heavy (non-hydrogen) atoms. The lowest BCUT2D eigenvalue weighted by molar-refractivity contribution is 0.565. The van der Waals surface area contributed by atoms with Gasteiger partial charge < -0.3 is 0 Å². The van der Waals surface area contributed by atoms with Crippen LogP contribution in [0.1, 0.15) is 22.9 Å². The van der Waals surface area contributed by atoms with E-state index >= 15 is 0 Å². The Balaban J connectivity index is 2.02. The lowest BCUT2D eigenvalue weighted by Gasteiger charge is -2.19. The molecule has 0 spiro atoms. The van der Waals surface area contributed by atoms with Gasteiger partial charge in [-0.1, -0.05) is 35.9 Å². The van der Waals surface area contributed by atoms with Crippen molar-refractivity contribution in [3.8, 4) is 0 Å². The second kappa shape index (κ2) is 7.08. The van der Waals surface area contributed by atoms with E-state index in [1.165, 1.54) is 0 Å². The Morgan fingerprint density at radius 3 is 2.48 bits per heavy atom. The molecule has 0 radical (unpaired) electrons. The van der Waals surface area contributed by atoms with Crippen LogP contribution in [0.3, 0.4) is 0 Å². The van der Waals surface area contributed by atoms with Gasteiger partial charge in [-0.05, 0) is 30.7 Å². The summed E-state index contributed by atoms with van der Waals surface area (Å²) >= 11 is 0. The summed E-state index contributed by atoms with van der Waals surface area (Å²) in [5.41, 5.74) is 2.33. The molecule has 1 atom stereocenters. The van der Waals surface area contributed by atoms with E-state index in [1.54, 1.807) is 24.4 Å². The zero-order chi connectivity index (χ0) is 17.9. The molecule has 5 nitrogen and oxygen atoms in total. The van der Waals surface area contributed by atoms with Gasteiger partial charge in [0.1, 0.15) is 10.7 Å². The molecule has 0 saturated carbocycles. The first-order valence-electron chi connectivity index (χ1n) is 7.56. The molecule has 1 aromatic carbocycles. The number of benzene rings is 1. The van der Waals surface area contributed by atoms with Crippen molar-refractivity contribution >= 4 is 10.0 Å². The molecule has 1 unspecified atom stereocenters. The van der Waals surface area contributed by atoms with Gasteiger partial charge in [-0.3, -0.25) is 9.97 Å². The minimum absolute atomic E-state index is 0.236. The van der Waals surface area contributed by atoms with Crippen LogP contribution in [0.5, 0.6) is 0 Å². The van der Waals surface area contributed by atoms with E-state index in [1.807, 2.05) is 31.2 Å². The topological polar surface area (TPSA) is 72.0 Å². The molecule has 1 N–H and O–H groups in total. The Morgan fingerprint density at radius 2 is 1.84 bits per heavy atom. The highest BCUT2D eigenvalue weighted by Crippen LogP contribution is 2.23. The number of rotatable bonds is 5. The number of nitrogens with one attached hydrogen (secondary N) is 1. The highest BCUT2D eigenvalue weighted by Gasteiger charge is 2.24. The third-order valence-corrected chi connectivity index (χ3v) is 5.05. The number of sulfonamides is 1. The third-order valence-electron chi connectivity index (χ3n) is 3.66. The van der Waals surface area contributed by atoms with Crippen molar-refractivity contribution in [3.63, 3.8) is 0 Å². The molecule has 2 aromatic heterocycles. The van der Waals surface area contributed by atoms with E-state index in [4.69, 9.17) is 0 Å². The van der Waals surface area contributed by atoms with Crippen LogP contribution in [-0.2, 0) is 10.0 Å². The maximum atomic E-state index is 13.4. The minimum Gasteiger partial charge on any atom is -0.260 e. The van der Waals surface area contributed by atoms with Gasteiger partial charge in [-0.15, -0.1) is 0 Å². The van der Waals surface area contributed by atoms with Crippen molar-refractivity contribution in [2.45, 2.75) is 17.9 Å². The first kappa shape index (κ1) is 17.2. The number of aromatic nitrogens is 2. The van der Waals surface area contributed by atoms with E-state index < -0.39 is 21.9 Å². The van der Waals surface area contributed by atoms with Gasteiger partial charge in [-0.25, -0.2) is 12.8 Å². The second-order valence-corrected chi connectivity index (χ2v) is 7.27. The average molecular weight is 357 g/mol. The summed E-state index contributed by atoms with van der Waals surface area (Å²) in [4.78, 5) is 7.63. The van der Waals surface area contributed by atoms with Crippen molar-refractivity contribution in [2.75, 3.05) is 0 Å². The largest absolute Gasteiger partial charge is 0.260 e. The van der Waals surface area contributed by atoms with Crippen molar-refractivity contribution in [3.05, 3.63) is 89.8 Å². The van der Waals surface area contributed by atoms with Crippen molar-refractivity contribution < 1.29 is 12.8 Å². The Bertz CT molecular complexity index is 961. The summed E-state index contributed by atoms with van der Waals surface area (Å²) in [7, 11) is -3.98. The van der Waals surface area contributed by atoms with Gasteiger partial charge in [-0.2, -0.15) is 4.72 Å². The van der Waals surface area contributed by atoms with Crippen molar-refractivity contribution in [2.24, 2.45) is 0 Å². The molecule has 0 aliphatic carbocycles. The van der Waals surface area contributed by atoms with E-state index in [0.29, 0.717) is 5.69 Å². The summed E-state index contributed by atoms with van der Waals surface area (Å²) in [5.74, 6) is -0.715. The molecule has 0 bridgehead atoms. The molecular weight excluding hydrogens is 341 g/mol. The number of halogens is 1. The Labute approximate surface area is 145 Å². The molecule has 0 amide bonds. The predicted octanol–water partition coefficient (Wildman–Crippen LogP) is 2.99. The average Bonchev–Trinajstić information content (AvgIpc) is 2.61. The monoisotopic (exact) mass is 357 g/mol. The highest BCUT2D eigenvalue weighted by atomic mass is 32.2. The normalized spacial score (nSPS) is 12.7. The van der Waals surface area contributed by atoms with Crippen LogP contribution in [0.15, 0.2) is 72.0 Å². The summed E-state index contributed by atoms with van der Waals surface area (Å²) < 4.78 is 41.3. The second-order valence-electron chi connectivity index (χ2n) is 5.56. The Kier molecular flexibility index (Phi) is 4.87. The molecule has 3 rings (SSSR count). The van der Waals surface area contributed by atoms with E-state index in [0.717, 1.165) is 29.6 Å². The fourth-order valence-electron chi connectivity index (χ4n) is 2.37. The molecular formula is C18H16FN3O2S. The predicted molar refractivity (Wildman–Crippen MR) is 91.8 cm³/mol. The highest BCUT2D eigenvalue weighted by molar-refractivity contribution is 7.89.